The van der Waals surface area contributed by atoms with Crippen molar-refractivity contribution < 1.29 is 46.2 Å². The normalized spacial score (nSPS) is 36.0. The number of nitrogen functional groups attached to an aromatic ring is 2. The second-order valence-electron chi connectivity index (χ2n) is 10.00. The van der Waals surface area contributed by atoms with Gasteiger partial charge in [0, 0.05) is 7.11 Å². The number of phosphoric acid groups is 1. The van der Waals surface area contributed by atoms with Gasteiger partial charge in [-0.15, -0.1) is 0 Å². The molecule has 2 bridgehead atoms. The maximum absolute atomic E-state index is 16.2. The maximum atomic E-state index is 16.2. The lowest BCUT2D eigenvalue weighted by molar-refractivity contribution is -0.0611. The van der Waals surface area contributed by atoms with Crippen molar-refractivity contribution in [2.75, 3.05) is 38.0 Å². The Morgan fingerprint density at radius 2 is 1.60 bits per heavy atom. The molecule has 23 heteroatoms. The number of anilines is 2. The van der Waals surface area contributed by atoms with Gasteiger partial charge in [0.15, 0.2) is 41.6 Å². The highest BCUT2D eigenvalue weighted by Crippen LogP contribution is 2.57. The van der Waals surface area contributed by atoms with Gasteiger partial charge >= 0.3 is 7.82 Å². The molecule has 0 amide bonds. The third kappa shape index (κ3) is 5.44. The highest BCUT2D eigenvalue weighted by Gasteiger charge is 2.53. The van der Waals surface area contributed by atoms with Gasteiger partial charge in [-0.25, -0.2) is 38.9 Å². The summed E-state index contributed by atoms with van der Waals surface area (Å²) < 4.78 is 73.6. The van der Waals surface area contributed by atoms with Crippen LogP contribution in [0.4, 0.5) is 16.0 Å². The van der Waals surface area contributed by atoms with Gasteiger partial charge in [-0.2, -0.15) is 0 Å². The van der Waals surface area contributed by atoms with Gasteiger partial charge in [-0.1, -0.05) is 11.4 Å². The molecule has 242 valence electrons. The minimum Gasteiger partial charge on any atom is -0.387 e. The number of halogens is 1. The minimum absolute atomic E-state index is 0.103. The van der Waals surface area contributed by atoms with Crippen LogP contribution in [0.5, 0.6) is 0 Å². The first kappa shape index (κ1) is 30.9. The van der Waals surface area contributed by atoms with E-state index in [2.05, 4.69) is 29.9 Å². The van der Waals surface area contributed by atoms with Crippen molar-refractivity contribution in [3.8, 4) is 0 Å². The fraction of sp³-hybridized carbons (Fsp3) is 0.545. The smallest absolute Gasteiger partial charge is 0.387 e. The van der Waals surface area contributed by atoms with Crippen LogP contribution >= 0.6 is 26.8 Å². The third-order valence-electron chi connectivity index (χ3n) is 7.47. The molecule has 45 heavy (non-hydrogen) atoms. The fourth-order valence-corrected chi connectivity index (χ4v) is 8.42. The summed E-state index contributed by atoms with van der Waals surface area (Å²) >= 11 is 1.22. The zero-order valence-corrected chi connectivity index (χ0v) is 26.1. The Kier molecular flexibility index (Phi) is 8.36. The van der Waals surface area contributed by atoms with E-state index in [1.165, 1.54) is 45.8 Å². The van der Waals surface area contributed by atoms with Crippen molar-refractivity contribution in [3.63, 3.8) is 0 Å². The Morgan fingerprint density at radius 1 is 0.978 bits per heavy atom. The summed E-state index contributed by atoms with van der Waals surface area (Å²) in [4.78, 5) is 24.7. The molecule has 0 spiro atoms. The number of aliphatic hydroxyl groups is 1. The molecule has 4 aromatic rings. The Bertz CT molecular complexity index is 1760. The quantitative estimate of drug-likeness (QED) is 0.257. The van der Waals surface area contributed by atoms with Gasteiger partial charge in [0.2, 0.25) is 7.58 Å². The topological polar surface area (TPSA) is 241 Å². The summed E-state index contributed by atoms with van der Waals surface area (Å²) in [5, 5.41) is 11.3. The second kappa shape index (κ2) is 12.2. The SMILES string of the molecule is COP1(=O)OCC2OC(n3cnc4c(N)ncnc43)C(OP(SC)OCC3OC(n4cnc5c(N)ncnc54)C(F)C3O1)C2O. The van der Waals surface area contributed by atoms with Crippen molar-refractivity contribution in [2.45, 2.75) is 49.1 Å². The van der Waals surface area contributed by atoms with Crippen molar-refractivity contribution >= 4 is 60.7 Å². The lowest BCUT2D eigenvalue weighted by Crippen LogP contribution is -2.35. The number of phosphoric ester groups is 1. The van der Waals surface area contributed by atoms with E-state index in [1.54, 1.807) is 6.26 Å². The average Bonchev–Trinajstić information content (AvgIpc) is 3.80. The molecule has 0 radical (unpaired) electrons. The van der Waals surface area contributed by atoms with E-state index in [4.69, 9.17) is 43.6 Å². The highest BCUT2D eigenvalue weighted by atomic mass is 32.7. The molecule has 10 unspecified atom stereocenters. The van der Waals surface area contributed by atoms with Gasteiger partial charge in [-0.3, -0.25) is 22.7 Å². The van der Waals surface area contributed by atoms with Crippen LogP contribution in [0.2, 0.25) is 0 Å². The van der Waals surface area contributed by atoms with Gasteiger partial charge in [0.1, 0.15) is 54.2 Å². The van der Waals surface area contributed by atoms with Crippen LogP contribution in [-0.4, -0.2) is 107 Å². The van der Waals surface area contributed by atoms with Crippen molar-refractivity contribution in [3.05, 3.63) is 25.3 Å². The monoisotopic (exact) mass is 688 g/mol. The number of nitrogens with two attached hydrogens (primary N) is 2. The van der Waals surface area contributed by atoms with Crippen molar-refractivity contribution in [1.82, 2.24) is 39.0 Å². The van der Waals surface area contributed by atoms with Crippen LogP contribution in [-0.2, 0) is 36.7 Å². The molecule has 3 saturated heterocycles. The Morgan fingerprint density at radius 3 is 2.22 bits per heavy atom. The number of nitrogens with zero attached hydrogens (tertiary/aromatic N) is 8. The number of hydrogen-bond acceptors (Lipinski definition) is 18. The first-order chi connectivity index (χ1) is 21.7. The van der Waals surface area contributed by atoms with Crippen LogP contribution < -0.4 is 11.5 Å². The molecule has 3 aliphatic heterocycles. The fourth-order valence-electron chi connectivity index (χ4n) is 5.28. The Labute approximate surface area is 258 Å². The van der Waals surface area contributed by atoms with Crippen LogP contribution in [0, 0.1) is 0 Å². The summed E-state index contributed by atoms with van der Waals surface area (Å²) in [6.07, 6.45) is -3.33. The number of rotatable bonds is 4. The Balaban J connectivity index is 1.20. The van der Waals surface area contributed by atoms with E-state index in [9.17, 15) is 9.67 Å². The number of aromatic nitrogens is 8. The molecule has 0 saturated carbocycles. The molecular weight excluding hydrogens is 661 g/mol. The van der Waals surface area contributed by atoms with E-state index in [1.807, 2.05) is 0 Å². The maximum Gasteiger partial charge on any atom is 0.475 e. The van der Waals surface area contributed by atoms with Gasteiger partial charge in [0.25, 0.3) is 0 Å². The van der Waals surface area contributed by atoms with E-state index in [0.29, 0.717) is 11.2 Å². The van der Waals surface area contributed by atoms with Crippen LogP contribution in [0.15, 0.2) is 25.3 Å². The van der Waals surface area contributed by atoms with Crippen molar-refractivity contribution in [2.24, 2.45) is 0 Å². The zero-order chi connectivity index (χ0) is 31.5. The molecule has 4 aromatic heterocycles. The van der Waals surface area contributed by atoms with Crippen LogP contribution in [0.1, 0.15) is 12.5 Å². The lowest BCUT2D eigenvalue weighted by atomic mass is 10.1. The first-order valence-corrected chi connectivity index (χ1v) is 17.8. The standard InChI is InChI=1S/C22H27FN10O9P2S/c1-36-44(35)38-4-9-14(34)16(22(39-9)33-8-31-13-18(25)27-6-29-20(13)33)41-43(45-2)37-3-10-15(42-44)11(23)21(40-10)32-7-30-12-17(24)26-5-28-19(12)32/h5-11,14-16,21-22,34H,3-4H2,1-2H3,(H2,24,26,28)(H2,25,27,29). The first-order valence-electron chi connectivity index (χ1n) is 13.3. The summed E-state index contributed by atoms with van der Waals surface area (Å²) in [5.41, 5.74) is 13.0. The van der Waals surface area contributed by atoms with Gasteiger partial charge < -0.3 is 35.1 Å². The highest BCUT2D eigenvalue weighted by molar-refractivity contribution is 8.52. The predicted molar refractivity (Wildman–Crippen MR) is 155 cm³/mol. The van der Waals surface area contributed by atoms with Crippen LogP contribution in [0.3, 0.4) is 0 Å². The van der Waals surface area contributed by atoms with E-state index in [0.717, 1.165) is 7.11 Å². The van der Waals surface area contributed by atoms with Crippen molar-refractivity contribution in [1.29, 1.82) is 0 Å². The Hall–Kier alpha value is -2.68. The van der Waals surface area contributed by atoms with E-state index in [-0.39, 0.29) is 29.4 Å². The number of hydrogen-bond donors (Lipinski definition) is 3. The average molecular weight is 689 g/mol. The minimum atomic E-state index is -4.47. The number of ether oxygens (including phenoxy) is 2. The molecule has 19 nitrogen and oxygen atoms in total. The molecule has 7 heterocycles. The predicted octanol–water partition coefficient (Wildman–Crippen LogP) is 1.49. The summed E-state index contributed by atoms with van der Waals surface area (Å²) in [6, 6.07) is 0. The molecular formula is C22H27FN10O9P2S. The lowest BCUT2D eigenvalue weighted by Gasteiger charge is -2.27. The molecule has 0 aromatic carbocycles. The molecule has 0 aliphatic carbocycles. The summed E-state index contributed by atoms with van der Waals surface area (Å²) in [6.45, 7) is -0.747. The van der Waals surface area contributed by atoms with E-state index >= 15 is 4.39 Å². The number of imidazole rings is 2. The second-order valence-corrected chi connectivity index (χ2v) is 15.0. The number of alkyl halides is 1. The van der Waals surface area contributed by atoms with Gasteiger partial charge in [-0.05, 0) is 6.26 Å². The number of fused-ring (bicyclic) bond motifs is 5. The molecule has 7 rings (SSSR count). The summed E-state index contributed by atoms with van der Waals surface area (Å²) in [7, 11) is -5.18. The van der Waals surface area contributed by atoms with Crippen LogP contribution in [0.25, 0.3) is 22.3 Å². The molecule has 3 fully saturated rings. The van der Waals surface area contributed by atoms with E-state index < -0.39 is 71.2 Å². The summed E-state index contributed by atoms with van der Waals surface area (Å²) in [5.74, 6) is 0.256. The molecule has 10 atom stereocenters. The number of aliphatic hydroxyl groups excluding tert-OH is 1. The molecule has 5 N–H and O–H groups in total. The zero-order valence-electron chi connectivity index (χ0n) is 23.5. The largest absolute Gasteiger partial charge is 0.475 e. The van der Waals surface area contributed by atoms with Gasteiger partial charge in [0.05, 0.1) is 25.9 Å². The molecule has 3 aliphatic rings. The third-order valence-corrected chi connectivity index (χ3v) is 11.4.